The van der Waals surface area contributed by atoms with Crippen LogP contribution in [0.5, 0.6) is 0 Å². The molecule has 0 aliphatic carbocycles. The van der Waals surface area contributed by atoms with Gasteiger partial charge < -0.3 is 15.1 Å². The van der Waals surface area contributed by atoms with Gasteiger partial charge in [-0.1, -0.05) is 0 Å². The number of nitrogens with one attached hydrogen (secondary N) is 1. The van der Waals surface area contributed by atoms with Gasteiger partial charge in [0.2, 0.25) is 0 Å². The van der Waals surface area contributed by atoms with Gasteiger partial charge in [-0.25, -0.2) is 9.97 Å². The third kappa shape index (κ3) is 3.70. The number of carbonyl (C=O) groups is 1. The fraction of sp³-hybridized carbons (Fsp3) is 0.444. The molecule has 3 rings (SSSR count). The average Bonchev–Trinajstić information content (AvgIpc) is 2.67. The van der Waals surface area contributed by atoms with Crippen molar-refractivity contribution < 1.29 is 4.79 Å². The molecule has 1 atom stereocenters. The summed E-state index contributed by atoms with van der Waals surface area (Å²) in [5.41, 5.74) is 1.61. The summed E-state index contributed by atoms with van der Waals surface area (Å²) in [4.78, 5) is 29.6. The average molecular weight is 340 g/mol. The van der Waals surface area contributed by atoms with Crippen LogP contribution in [0.3, 0.4) is 0 Å². The van der Waals surface area contributed by atoms with Crippen LogP contribution in [-0.4, -0.2) is 55.1 Å². The molecule has 1 aliphatic heterocycles. The number of pyridine rings is 1. The number of hydrogen-bond acceptors (Lipinski definition) is 6. The molecule has 0 saturated carbocycles. The Morgan fingerprint density at radius 2 is 2.16 bits per heavy atom. The molecule has 7 nitrogen and oxygen atoms in total. The number of carbonyl (C=O) groups excluding carboxylic acids is 1. The van der Waals surface area contributed by atoms with E-state index < -0.39 is 0 Å². The number of hydrogen-bond donors (Lipinski definition) is 1. The zero-order valence-corrected chi connectivity index (χ0v) is 14.9. The minimum Gasteiger partial charge on any atom is -0.362 e. The normalized spacial score (nSPS) is 17.2. The van der Waals surface area contributed by atoms with Crippen molar-refractivity contribution >= 4 is 17.5 Å². The molecular formula is C18H24N6O. The van der Waals surface area contributed by atoms with E-state index in [1.165, 1.54) is 0 Å². The molecule has 25 heavy (non-hydrogen) atoms. The van der Waals surface area contributed by atoms with Crippen LogP contribution in [0.25, 0.3) is 0 Å². The van der Waals surface area contributed by atoms with E-state index >= 15 is 0 Å². The molecule has 1 fully saturated rings. The molecule has 1 aliphatic rings. The largest absolute Gasteiger partial charge is 0.362 e. The Morgan fingerprint density at radius 3 is 2.84 bits per heavy atom. The van der Waals surface area contributed by atoms with Crippen molar-refractivity contribution in [3.05, 3.63) is 42.0 Å². The van der Waals surface area contributed by atoms with Crippen molar-refractivity contribution in [1.29, 1.82) is 0 Å². The van der Waals surface area contributed by atoms with Crippen LogP contribution in [0.15, 0.2) is 30.7 Å². The number of amides is 1. The van der Waals surface area contributed by atoms with Crippen molar-refractivity contribution in [2.75, 3.05) is 44.0 Å². The van der Waals surface area contributed by atoms with Crippen molar-refractivity contribution in [2.24, 2.45) is 0 Å². The molecule has 0 spiro atoms. The maximum atomic E-state index is 12.1. The molecule has 7 heteroatoms. The maximum Gasteiger partial charge on any atom is 0.254 e. The van der Waals surface area contributed by atoms with Crippen LogP contribution in [0.2, 0.25) is 0 Å². The molecule has 1 N–H and O–H groups in total. The number of piperidine rings is 1. The second-order valence-electron chi connectivity index (χ2n) is 6.43. The molecule has 2 aromatic rings. The second kappa shape index (κ2) is 7.46. The van der Waals surface area contributed by atoms with Gasteiger partial charge >= 0.3 is 0 Å². The zero-order valence-electron chi connectivity index (χ0n) is 14.9. The number of rotatable bonds is 4. The van der Waals surface area contributed by atoms with Crippen LogP contribution in [0.4, 0.5) is 11.6 Å². The first-order chi connectivity index (χ1) is 12.1. The molecule has 1 amide bonds. The van der Waals surface area contributed by atoms with E-state index in [1.807, 2.05) is 31.1 Å². The maximum absolute atomic E-state index is 12.1. The molecule has 2 aromatic heterocycles. The van der Waals surface area contributed by atoms with Gasteiger partial charge in [0.05, 0.1) is 11.8 Å². The minimum atomic E-state index is -0.118. The smallest absolute Gasteiger partial charge is 0.254 e. The Morgan fingerprint density at radius 1 is 1.32 bits per heavy atom. The van der Waals surface area contributed by atoms with Gasteiger partial charge in [0.1, 0.15) is 11.6 Å². The summed E-state index contributed by atoms with van der Waals surface area (Å²) in [5, 5.41) is 2.68. The Bertz CT molecular complexity index is 734. The Hall–Kier alpha value is -2.70. The summed E-state index contributed by atoms with van der Waals surface area (Å²) in [6, 6.07) is 3.85. The minimum absolute atomic E-state index is 0.118. The van der Waals surface area contributed by atoms with E-state index in [1.54, 1.807) is 25.6 Å². The molecule has 3 heterocycles. The SMILES string of the molecule is CNC(=O)c1ccc([C@H]2CCCN(c3cnccn3)C2)nc1N(C)C. The van der Waals surface area contributed by atoms with Gasteiger partial charge in [-0.15, -0.1) is 0 Å². The predicted molar refractivity (Wildman–Crippen MR) is 98.2 cm³/mol. The molecule has 0 radical (unpaired) electrons. The molecule has 0 aromatic carbocycles. The van der Waals surface area contributed by atoms with E-state index in [0.29, 0.717) is 17.3 Å². The number of aromatic nitrogens is 3. The van der Waals surface area contributed by atoms with Crippen molar-refractivity contribution in [3.63, 3.8) is 0 Å². The van der Waals surface area contributed by atoms with Crippen LogP contribution >= 0.6 is 0 Å². The summed E-state index contributed by atoms with van der Waals surface area (Å²) < 4.78 is 0. The lowest BCUT2D eigenvalue weighted by Gasteiger charge is -2.33. The third-order valence-corrected chi connectivity index (χ3v) is 4.51. The Kier molecular flexibility index (Phi) is 5.11. The van der Waals surface area contributed by atoms with Crippen LogP contribution in [-0.2, 0) is 0 Å². The quantitative estimate of drug-likeness (QED) is 0.913. The summed E-state index contributed by atoms with van der Waals surface area (Å²) in [5.74, 6) is 1.80. The summed E-state index contributed by atoms with van der Waals surface area (Å²) in [6.45, 7) is 1.84. The lowest BCUT2D eigenvalue weighted by Crippen LogP contribution is -2.35. The van der Waals surface area contributed by atoms with E-state index in [2.05, 4.69) is 20.2 Å². The topological polar surface area (TPSA) is 74.2 Å². The van der Waals surface area contributed by atoms with E-state index in [-0.39, 0.29) is 5.91 Å². The highest BCUT2D eigenvalue weighted by Crippen LogP contribution is 2.29. The predicted octanol–water partition coefficient (Wildman–Crippen LogP) is 1.68. The van der Waals surface area contributed by atoms with Crippen molar-refractivity contribution in [1.82, 2.24) is 20.3 Å². The van der Waals surface area contributed by atoms with Gasteiger partial charge in [-0.2, -0.15) is 0 Å². The van der Waals surface area contributed by atoms with Crippen LogP contribution < -0.4 is 15.1 Å². The Labute approximate surface area is 148 Å². The lowest BCUT2D eigenvalue weighted by molar-refractivity contribution is 0.0963. The fourth-order valence-corrected chi connectivity index (χ4v) is 3.22. The van der Waals surface area contributed by atoms with Gasteiger partial charge in [0, 0.05) is 58.2 Å². The van der Waals surface area contributed by atoms with Gasteiger partial charge in [-0.05, 0) is 25.0 Å². The number of nitrogens with zero attached hydrogens (tertiary/aromatic N) is 5. The second-order valence-corrected chi connectivity index (χ2v) is 6.43. The zero-order chi connectivity index (χ0) is 17.8. The van der Waals surface area contributed by atoms with E-state index in [0.717, 1.165) is 37.4 Å². The standard InChI is InChI=1S/C18H24N6O/c1-19-18(25)14-6-7-15(22-17(14)23(2)3)13-5-4-10-24(12-13)16-11-20-8-9-21-16/h6-9,11,13H,4-5,10,12H2,1-3H3,(H,19,25)/t13-/m0/s1. The van der Waals surface area contributed by atoms with Gasteiger partial charge in [-0.3, -0.25) is 9.78 Å². The molecule has 0 bridgehead atoms. The first kappa shape index (κ1) is 17.1. The van der Waals surface area contributed by atoms with Gasteiger partial charge in [0.15, 0.2) is 0 Å². The summed E-state index contributed by atoms with van der Waals surface area (Å²) in [6.07, 6.45) is 7.37. The summed E-state index contributed by atoms with van der Waals surface area (Å²) in [7, 11) is 5.45. The molecule has 0 unspecified atom stereocenters. The third-order valence-electron chi connectivity index (χ3n) is 4.51. The highest BCUT2D eigenvalue weighted by molar-refractivity contribution is 5.98. The number of anilines is 2. The first-order valence-electron chi connectivity index (χ1n) is 8.51. The van der Waals surface area contributed by atoms with Gasteiger partial charge in [0.25, 0.3) is 5.91 Å². The Balaban J connectivity index is 1.86. The highest BCUT2D eigenvalue weighted by atomic mass is 16.1. The van der Waals surface area contributed by atoms with E-state index in [4.69, 9.17) is 4.98 Å². The molecule has 1 saturated heterocycles. The van der Waals surface area contributed by atoms with Crippen molar-refractivity contribution in [2.45, 2.75) is 18.8 Å². The molecular weight excluding hydrogens is 316 g/mol. The lowest BCUT2D eigenvalue weighted by atomic mass is 9.94. The molecule has 132 valence electrons. The van der Waals surface area contributed by atoms with E-state index in [9.17, 15) is 4.79 Å². The van der Waals surface area contributed by atoms with Crippen LogP contribution in [0, 0.1) is 0 Å². The monoisotopic (exact) mass is 340 g/mol. The highest BCUT2D eigenvalue weighted by Gasteiger charge is 2.25. The fourth-order valence-electron chi connectivity index (χ4n) is 3.22. The first-order valence-corrected chi connectivity index (χ1v) is 8.51. The van der Waals surface area contributed by atoms with Crippen molar-refractivity contribution in [3.8, 4) is 0 Å². The van der Waals surface area contributed by atoms with Crippen LogP contribution in [0.1, 0.15) is 34.8 Å². The summed E-state index contributed by atoms with van der Waals surface area (Å²) >= 11 is 0.